The normalized spacial score (nSPS) is 24.0. The van der Waals surface area contributed by atoms with Crippen molar-refractivity contribution in [3.8, 4) is 0 Å². The van der Waals surface area contributed by atoms with Crippen LogP contribution in [0.25, 0.3) is 0 Å². The number of rotatable bonds is 6. The summed E-state index contributed by atoms with van der Waals surface area (Å²) in [4.78, 5) is 7.20. The van der Waals surface area contributed by atoms with Crippen molar-refractivity contribution in [3.05, 3.63) is 0 Å². The largest absolute Gasteiger partial charge is 0.357 e. The molecule has 0 spiro atoms. The van der Waals surface area contributed by atoms with Gasteiger partial charge in [-0.1, -0.05) is 13.8 Å². The Morgan fingerprint density at radius 3 is 2.21 bits per heavy atom. The number of likely N-dealkylation sites (tertiary alicyclic amines) is 1. The maximum absolute atomic E-state index is 4.59. The first-order valence-electron chi connectivity index (χ1n) is 7.90. The number of hydrogen-bond donors (Lipinski definition) is 2. The summed E-state index contributed by atoms with van der Waals surface area (Å²) in [6.07, 6.45) is 2.54. The van der Waals surface area contributed by atoms with Crippen LogP contribution in [0.5, 0.6) is 0 Å². The zero-order chi connectivity index (χ0) is 14.1. The molecule has 0 aromatic rings. The summed E-state index contributed by atoms with van der Waals surface area (Å²) in [5.41, 5.74) is 0. The lowest BCUT2D eigenvalue weighted by Gasteiger charge is -2.34. The van der Waals surface area contributed by atoms with Crippen molar-refractivity contribution in [2.24, 2.45) is 16.8 Å². The fourth-order valence-corrected chi connectivity index (χ4v) is 2.97. The Bertz CT molecular complexity index is 247. The Morgan fingerprint density at radius 1 is 1.11 bits per heavy atom. The third-order valence-electron chi connectivity index (χ3n) is 3.54. The van der Waals surface area contributed by atoms with E-state index in [1.54, 1.807) is 0 Å². The molecule has 0 saturated carbocycles. The quantitative estimate of drug-likeness (QED) is 0.439. The molecule has 1 heterocycles. The van der Waals surface area contributed by atoms with Crippen LogP contribution in [0.2, 0.25) is 0 Å². The van der Waals surface area contributed by atoms with E-state index in [2.05, 4.69) is 48.2 Å². The van der Waals surface area contributed by atoms with Crippen LogP contribution in [-0.2, 0) is 0 Å². The van der Waals surface area contributed by atoms with Crippen LogP contribution < -0.4 is 10.6 Å². The molecule has 0 aromatic carbocycles. The van der Waals surface area contributed by atoms with Gasteiger partial charge in [0, 0.05) is 32.7 Å². The molecule has 0 bridgehead atoms. The molecule has 1 fully saturated rings. The molecule has 2 unspecified atom stereocenters. The van der Waals surface area contributed by atoms with Crippen molar-refractivity contribution in [2.45, 2.75) is 40.5 Å². The average molecular weight is 268 g/mol. The van der Waals surface area contributed by atoms with Gasteiger partial charge >= 0.3 is 0 Å². The first-order chi connectivity index (χ1) is 9.15. The zero-order valence-electron chi connectivity index (χ0n) is 13.2. The number of aliphatic imine (C=N–C) groups is 1. The van der Waals surface area contributed by atoms with Gasteiger partial charge in [-0.25, -0.2) is 0 Å². The Balaban J connectivity index is 2.23. The van der Waals surface area contributed by atoms with E-state index in [-0.39, 0.29) is 0 Å². The molecule has 4 nitrogen and oxygen atoms in total. The first-order valence-corrected chi connectivity index (χ1v) is 7.90. The minimum absolute atomic E-state index is 0.853. The molecule has 4 heteroatoms. The van der Waals surface area contributed by atoms with Crippen molar-refractivity contribution in [3.63, 3.8) is 0 Å². The number of guanidine groups is 1. The molecule has 2 atom stereocenters. The van der Waals surface area contributed by atoms with E-state index < -0.39 is 0 Å². The van der Waals surface area contributed by atoms with E-state index in [9.17, 15) is 0 Å². The summed E-state index contributed by atoms with van der Waals surface area (Å²) in [5, 5.41) is 6.52. The van der Waals surface area contributed by atoms with Crippen molar-refractivity contribution >= 4 is 5.96 Å². The molecule has 0 aliphatic carbocycles. The third kappa shape index (κ3) is 6.81. The predicted octanol–water partition coefficient (Wildman–Crippen LogP) is 1.93. The summed E-state index contributed by atoms with van der Waals surface area (Å²) < 4.78 is 0. The monoisotopic (exact) mass is 268 g/mol. The highest BCUT2D eigenvalue weighted by atomic mass is 15.2. The van der Waals surface area contributed by atoms with Crippen molar-refractivity contribution in [1.29, 1.82) is 0 Å². The molecule has 19 heavy (non-hydrogen) atoms. The van der Waals surface area contributed by atoms with Gasteiger partial charge in [0.25, 0.3) is 0 Å². The van der Waals surface area contributed by atoms with Gasteiger partial charge in [-0.3, -0.25) is 4.99 Å². The summed E-state index contributed by atoms with van der Waals surface area (Å²) in [6.45, 7) is 15.4. The Morgan fingerprint density at radius 2 is 1.68 bits per heavy atom. The van der Waals surface area contributed by atoms with Crippen molar-refractivity contribution in [1.82, 2.24) is 15.5 Å². The molecule has 112 valence electrons. The van der Waals surface area contributed by atoms with Gasteiger partial charge in [0.15, 0.2) is 5.96 Å². The molecule has 1 rings (SSSR count). The Kier molecular flexibility index (Phi) is 7.87. The molecule has 1 saturated heterocycles. The second kappa shape index (κ2) is 9.18. The Hall–Kier alpha value is -0.770. The number of hydrogen-bond acceptors (Lipinski definition) is 2. The van der Waals surface area contributed by atoms with Crippen LogP contribution >= 0.6 is 0 Å². The molecule has 1 aliphatic rings. The van der Waals surface area contributed by atoms with Crippen LogP contribution in [0, 0.1) is 11.8 Å². The lowest BCUT2D eigenvalue weighted by Crippen LogP contribution is -2.39. The highest BCUT2D eigenvalue weighted by Crippen LogP contribution is 2.20. The smallest absolute Gasteiger partial charge is 0.191 e. The Labute approximate surface area is 119 Å². The summed E-state index contributed by atoms with van der Waals surface area (Å²) in [7, 11) is 0. The van der Waals surface area contributed by atoms with E-state index in [4.69, 9.17) is 0 Å². The second-order valence-electron chi connectivity index (χ2n) is 5.85. The lowest BCUT2D eigenvalue weighted by molar-refractivity contribution is 0.140. The summed E-state index contributed by atoms with van der Waals surface area (Å²) in [5.74, 6) is 2.66. The van der Waals surface area contributed by atoms with E-state index in [1.807, 2.05) is 0 Å². The highest BCUT2D eigenvalue weighted by molar-refractivity contribution is 5.79. The van der Waals surface area contributed by atoms with E-state index >= 15 is 0 Å². The molecule has 1 aliphatic heterocycles. The molecule has 0 aromatic heterocycles. The highest BCUT2D eigenvalue weighted by Gasteiger charge is 2.20. The van der Waals surface area contributed by atoms with E-state index in [0.29, 0.717) is 0 Å². The SMILES string of the molecule is CCNC(=NCCCN1CC(C)CC(C)C1)NCC. The topological polar surface area (TPSA) is 39.7 Å². The standard InChI is InChI=1S/C15H32N4/c1-5-16-15(17-6-2)18-8-7-9-19-11-13(3)10-14(4)12-19/h13-14H,5-12H2,1-4H3,(H2,16,17,18). The van der Waals surface area contributed by atoms with Gasteiger partial charge in [-0.05, 0) is 45.1 Å². The molecule has 0 amide bonds. The van der Waals surface area contributed by atoms with Crippen LogP contribution in [0.4, 0.5) is 0 Å². The van der Waals surface area contributed by atoms with E-state index in [1.165, 1.54) is 26.1 Å². The molecular formula is C15H32N4. The van der Waals surface area contributed by atoms with Gasteiger partial charge < -0.3 is 15.5 Å². The van der Waals surface area contributed by atoms with Crippen LogP contribution in [0.3, 0.4) is 0 Å². The van der Waals surface area contributed by atoms with Crippen LogP contribution in [0.15, 0.2) is 4.99 Å². The van der Waals surface area contributed by atoms with Gasteiger partial charge in [0.05, 0.1) is 0 Å². The van der Waals surface area contributed by atoms with Gasteiger partial charge in [-0.2, -0.15) is 0 Å². The van der Waals surface area contributed by atoms with Crippen LogP contribution in [-0.4, -0.2) is 50.1 Å². The summed E-state index contributed by atoms with van der Waals surface area (Å²) in [6, 6.07) is 0. The van der Waals surface area contributed by atoms with Gasteiger partial charge in [-0.15, -0.1) is 0 Å². The molecule has 0 radical (unpaired) electrons. The minimum Gasteiger partial charge on any atom is -0.357 e. The second-order valence-corrected chi connectivity index (χ2v) is 5.85. The molecular weight excluding hydrogens is 236 g/mol. The maximum Gasteiger partial charge on any atom is 0.191 e. The van der Waals surface area contributed by atoms with Crippen LogP contribution in [0.1, 0.15) is 40.5 Å². The van der Waals surface area contributed by atoms with Crippen molar-refractivity contribution in [2.75, 3.05) is 39.3 Å². The van der Waals surface area contributed by atoms with Crippen molar-refractivity contribution < 1.29 is 0 Å². The average Bonchev–Trinajstić information content (AvgIpc) is 2.34. The van der Waals surface area contributed by atoms with E-state index in [0.717, 1.165) is 43.9 Å². The first kappa shape index (κ1) is 16.3. The lowest BCUT2D eigenvalue weighted by atomic mass is 9.92. The van der Waals surface area contributed by atoms with Gasteiger partial charge in [0.2, 0.25) is 0 Å². The fourth-order valence-electron chi connectivity index (χ4n) is 2.97. The number of piperidine rings is 1. The fraction of sp³-hybridized carbons (Fsp3) is 0.933. The molecule has 2 N–H and O–H groups in total. The maximum atomic E-state index is 4.59. The predicted molar refractivity (Wildman–Crippen MR) is 83.7 cm³/mol. The number of nitrogens with zero attached hydrogens (tertiary/aromatic N) is 2. The number of nitrogens with one attached hydrogen (secondary N) is 2. The summed E-state index contributed by atoms with van der Waals surface area (Å²) >= 11 is 0. The van der Waals surface area contributed by atoms with Gasteiger partial charge in [0.1, 0.15) is 0 Å². The zero-order valence-corrected chi connectivity index (χ0v) is 13.2. The minimum atomic E-state index is 0.853. The third-order valence-corrected chi connectivity index (χ3v) is 3.54.